The summed E-state index contributed by atoms with van der Waals surface area (Å²) in [5.74, 6) is 1.17. The predicted octanol–water partition coefficient (Wildman–Crippen LogP) is 2.70. The monoisotopic (exact) mass is 335 g/mol. The molecule has 2 aromatic rings. The largest absolute Gasteiger partial charge is 0.492 e. The molecule has 6 heteroatoms. The van der Waals surface area contributed by atoms with Crippen LogP contribution < -0.4 is 4.74 Å². The molecule has 124 valence electrons. The number of nitrogens with zero attached hydrogens (tertiary/aromatic N) is 3. The summed E-state index contributed by atoms with van der Waals surface area (Å²) in [7, 11) is 3.71. The minimum absolute atomic E-state index is 0.320. The van der Waals surface area contributed by atoms with Crippen molar-refractivity contribution in [3.8, 4) is 5.75 Å². The van der Waals surface area contributed by atoms with Crippen LogP contribution in [0.4, 0.5) is 0 Å². The number of hydrogen-bond donors (Lipinski definition) is 0. The Morgan fingerprint density at radius 1 is 1.30 bits per heavy atom. The Bertz CT molecular complexity index is 642. The number of hydrogen-bond acceptors (Lipinski definition) is 4. The number of ether oxygens (including phenoxy) is 2. The van der Waals surface area contributed by atoms with E-state index in [1.54, 1.807) is 7.11 Å². The zero-order valence-corrected chi connectivity index (χ0v) is 14.3. The van der Waals surface area contributed by atoms with E-state index < -0.39 is 0 Å². The number of rotatable bonds is 6. The quantitative estimate of drug-likeness (QED) is 0.813. The van der Waals surface area contributed by atoms with Gasteiger partial charge in [-0.1, -0.05) is 11.6 Å². The molecule has 1 aromatic heterocycles. The first kappa shape index (κ1) is 16.3. The van der Waals surface area contributed by atoms with Gasteiger partial charge in [0.25, 0.3) is 0 Å². The Morgan fingerprint density at radius 3 is 2.83 bits per heavy atom. The van der Waals surface area contributed by atoms with Crippen LogP contribution in [0.25, 0.3) is 0 Å². The smallest absolute Gasteiger partial charge is 0.119 e. The summed E-state index contributed by atoms with van der Waals surface area (Å²) in [6.07, 6.45) is 2.10. The summed E-state index contributed by atoms with van der Waals surface area (Å²) < 4.78 is 13.1. The number of benzene rings is 1. The highest BCUT2D eigenvalue weighted by Gasteiger charge is 2.28. The van der Waals surface area contributed by atoms with Crippen molar-refractivity contribution < 1.29 is 9.47 Å². The van der Waals surface area contributed by atoms with E-state index in [1.807, 2.05) is 36.0 Å². The van der Waals surface area contributed by atoms with Gasteiger partial charge in [-0.3, -0.25) is 9.58 Å². The van der Waals surface area contributed by atoms with Gasteiger partial charge < -0.3 is 9.47 Å². The van der Waals surface area contributed by atoms with Gasteiger partial charge in [-0.15, -0.1) is 0 Å². The van der Waals surface area contributed by atoms with Crippen LogP contribution in [-0.4, -0.2) is 48.1 Å². The van der Waals surface area contributed by atoms with Crippen LogP contribution in [0.15, 0.2) is 30.5 Å². The van der Waals surface area contributed by atoms with Gasteiger partial charge in [-0.05, 0) is 24.3 Å². The van der Waals surface area contributed by atoms with Crippen LogP contribution in [0.3, 0.4) is 0 Å². The molecular weight excluding hydrogens is 314 g/mol. The topological polar surface area (TPSA) is 39.5 Å². The molecule has 2 heterocycles. The van der Waals surface area contributed by atoms with E-state index in [1.165, 1.54) is 11.3 Å². The predicted molar refractivity (Wildman–Crippen MR) is 90.0 cm³/mol. The standard InChI is InChI=1S/C17H22ClN3O2/c1-20-9-13-10-21(11-14(12-22-2)17(13)19-20)7-8-23-16-5-3-15(18)4-6-16/h3-6,9,14H,7-8,10-12H2,1-2H3. The molecule has 3 rings (SSSR count). The molecule has 1 aliphatic heterocycles. The molecule has 0 N–H and O–H groups in total. The van der Waals surface area contributed by atoms with Gasteiger partial charge in [0.05, 0.1) is 12.3 Å². The third-order valence-corrected chi connectivity index (χ3v) is 4.31. The summed E-state index contributed by atoms with van der Waals surface area (Å²) in [5.41, 5.74) is 2.46. The molecule has 0 bridgehead atoms. The average Bonchev–Trinajstić information content (AvgIpc) is 2.90. The molecule has 0 saturated carbocycles. The molecule has 0 saturated heterocycles. The van der Waals surface area contributed by atoms with Crippen LogP contribution in [0.2, 0.25) is 5.02 Å². The Hall–Kier alpha value is -1.56. The van der Waals surface area contributed by atoms with E-state index in [-0.39, 0.29) is 0 Å². The van der Waals surface area contributed by atoms with E-state index in [9.17, 15) is 0 Å². The molecule has 23 heavy (non-hydrogen) atoms. The third-order valence-electron chi connectivity index (χ3n) is 4.05. The maximum atomic E-state index is 5.88. The Morgan fingerprint density at radius 2 is 2.09 bits per heavy atom. The van der Waals surface area contributed by atoms with E-state index in [2.05, 4.69) is 16.2 Å². The van der Waals surface area contributed by atoms with E-state index in [0.29, 0.717) is 19.1 Å². The Balaban J connectivity index is 1.57. The number of aromatic nitrogens is 2. The van der Waals surface area contributed by atoms with Crippen LogP contribution in [0.1, 0.15) is 17.2 Å². The maximum absolute atomic E-state index is 5.88. The van der Waals surface area contributed by atoms with Crippen LogP contribution in [0.5, 0.6) is 5.75 Å². The van der Waals surface area contributed by atoms with Crippen molar-refractivity contribution in [2.45, 2.75) is 12.5 Å². The highest BCUT2D eigenvalue weighted by atomic mass is 35.5. The fourth-order valence-corrected chi connectivity index (χ4v) is 3.18. The van der Waals surface area contributed by atoms with Gasteiger partial charge in [0, 0.05) is 56.5 Å². The van der Waals surface area contributed by atoms with E-state index >= 15 is 0 Å². The fraction of sp³-hybridized carbons (Fsp3) is 0.471. The van der Waals surface area contributed by atoms with Gasteiger partial charge in [0.1, 0.15) is 12.4 Å². The molecule has 0 radical (unpaired) electrons. The number of aryl methyl sites for hydroxylation is 1. The van der Waals surface area contributed by atoms with Gasteiger partial charge >= 0.3 is 0 Å². The van der Waals surface area contributed by atoms with E-state index in [4.69, 9.17) is 21.1 Å². The lowest BCUT2D eigenvalue weighted by atomic mass is 9.97. The molecule has 5 nitrogen and oxygen atoms in total. The summed E-state index contributed by atoms with van der Waals surface area (Å²) in [6.45, 7) is 4.07. The molecule has 0 fully saturated rings. The molecule has 0 aliphatic carbocycles. The molecule has 1 atom stereocenters. The van der Waals surface area contributed by atoms with Crippen molar-refractivity contribution in [2.24, 2.45) is 7.05 Å². The minimum Gasteiger partial charge on any atom is -0.492 e. The lowest BCUT2D eigenvalue weighted by molar-refractivity contribution is 0.127. The average molecular weight is 336 g/mol. The molecule has 0 amide bonds. The van der Waals surface area contributed by atoms with Crippen molar-refractivity contribution >= 4 is 11.6 Å². The zero-order chi connectivity index (χ0) is 16.2. The molecular formula is C17H22ClN3O2. The van der Waals surface area contributed by atoms with Crippen LogP contribution in [0, 0.1) is 0 Å². The SMILES string of the molecule is COCC1CN(CCOc2ccc(Cl)cc2)Cc2cn(C)nc21. The number of methoxy groups -OCH3 is 1. The van der Waals surface area contributed by atoms with Crippen LogP contribution in [-0.2, 0) is 18.3 Å². The van der Waals surface area contributed by atoms with Gasteiger partial charge in [-0.2, -0.15) is 5.10 Å². The first-order valence-corrected chi connectivity index (χ1v) is 8.15. The third kappa shape index (κ3) is 4.05. The summed E-state index contributed by atoms with van der Waals surface area (Å²) in [5, 5.41) is 5.31. The Labute approximate surface area is 141 Å². The maximum Gasteiger partial charge on any atom is 0.119 e. The van der Waals surface area contributed by atoms with Gasteiger partial charge in [0.15, 0.2) is 0 Å². The zero-order valence-electron chi connectivity index (χ0n) is 13.5. The Kier molecular flexibility index (Phi) is 5.20. The van der Waals surface area contributed by atoms with Crippen LogP contribution >= 0.6 is 11.6 Å². The highest BCUT2D eigenvalue weighted by Crippen LogP contribution is 2.27. The highest BCUT2D eigenvalue weighted by molar-refractivity contribution is 6.30. The minimum atomic E-state index is 0.320. The van der Waals surface area contributed by atoms with Crippen molar-refractivity contribution in [3.63, 3.8) is 0 Å². The molecule has 1 aromatic carbocycles. The molecule has 0 spiro atoms. The second-order valence-electron chi connectivity index (χ2n) is 5.90. The lowest BCUT2D eigenvalue weighted by Crippen LogP contribution is -2.37. The first-order chi connectivity index (χ1) is 11.2. The van der Waals surface area contributed by atoms with E-state index in [0.717, 1.165) is 30.4 Å². The van der Waals surface area contributed by atoms with Gasteiger partial charge in [-0.25, -0.2) is 0 Å². The lowest BCUT2D eigenvalue weighted by Gasteiger charge is -2.31. The summed E-state index contributed by atoms with van der Waals surface area (Å²) >= 11 is 5.88. The second kappa shape index (κ2) is 7.34. The number of fused-ring (bicyclic) bond motifs is 1. The fourth-order valence-electron chi connectivity index (χ4n) is 3.05. The molecule has 1 unspecified atom stereocenters. The van der Waals surface area contributed by atoms with Gasteiger partial charge in [0.2, 0.25) is 0 Å². The second-order valence-corrected chi connectivity index (χ2v) is 6.34. The van der Waals surface area contributed by atoms with Crippen molar-refractivity contribution in [2.75, 3.05) is 33.4 Å². The number of halogens is 1. The molecule has 1 aliphatic rings. The van der Waals surface area contributed by atoms with Crippen molar-refractivity contribution in [1.29, 1.82) is 0 Å². The normalized spacial score (nSPS) is 18.0. The summed E-state index contributed by atoms with van der Waals surface area (Å²) in [4.78, 5) is 2.39. The van der Waals surface area contributed by atoms with Crippen molar-refractivity contribution in [3.05, 3.63) is 46.7 Å². The first-order valence-electron chi connectivity index (χ1n) is 7.78. The van der Waals surface area contributed by atoms with Crippen molar-refractivity contribution in [1.82, 2.24) is 14.7 Å². The summed E-state index contributed by atoms with van der Waals surface area (Å²) in [6, 6.07) is 7.47.